The van der Waals surface area contributed by atoms with Gasteiger partial charge in [0.2, 0.25) is 0 Å². The van der Waals surface area contributed by atoms with Crippen molar-refractivity contribution in [1.82, 2.24) is 0 Å². The van der Waals surface area contributed by atoms with Crippen LogP contribution in [-0.4, -0.2) is 37.0 Å². The van der Waals surface area contributed by atoms with E-state index in [1.165, 1.54) is 186 Å². The molecule has 0 saturated heterocycles. The van der Waals surface area contributed by atoms with Gasteiger partial charge in [0, 0.05) is 13.0 Å². The third-order valence-electron chi connectivity index (χ3n) is 10.4. The van der Waals surface area contributed by atoms with Crippen molar-refractivity contribution in [3.05, 3.63) is 48.6 Å². The van der Waals surface area contributed by atoms with E-state index in [4.69, 9.17) is 9.47 Å². The molecule has 0 aliphatic heterocycles. The molecule has 0 aliphatic carbocycles. The van der Waals surface area contributed by atoms with Crippen LogP contribution in [0, 0.1) is 0 Å². The molecule has 0 aliphatic rings. The Kier molecular flexibility index (Phi) is 46.0. The van der Waals surface area contributed by atoms with Gasteiger partial charge in [0.1, 0.15) is 6.10 Å². The largest absolute Gasteiger partial charge is 0.457 e. The van der Waals surface area contributed by atoms with Gasteiger partial charge < -0.3 is 14.6 Å². The summed E-state index contributed by atoms with van der Waals surface area (Å²) >= 11 is 0. The maximum Gasteiger partial charge on any atom is 0.306 e. The molecule has 1 N–H and O–H groups in total. The van der Waals surface area contributed by atoms with Crippen LogP contribution in [-0.2, 0) is 14.3 Å². The van der Waals surface area contributed by atoms with E-state index < -0.39 is 6.10 Å². The molecule has 0 saturated carbocycles. The van der Waals surface area contributed by atoms with Gasteiger partial charge in [0.25, 0.3) is 0 Å². The Morgan fingerprint density at radius 2 is 0.778 bits per heavy atom. The molecular weight excluding hydrogens is 665 g/mol. The van der Waals surface area contributed by atoms with Crippen molar-refractivity contribution < 1.29 is 19.4 Å². The fourth-order valence-corrected chi connectivity index (χ4v) is 6.80. The van der Waals surface area contributed by atoms with Crippen LogP contribution < -0.4 is 0 Å². The molecule has 1 unspecified atom stereocenters. The molecular formula is C50H92O4. The van der Waals surface area contributed by atoms with Crippen molar-refractivity contribution in [1.29, 1.82) is 0 Å². The van der Waals surface area contributed by atoms with Crippen molar-refractivity contribution in [2.24, 2.45) is 0 Å². The van der Waals surface area contributed by atoms with E-state index in [0.29, 0.717) is 19.6 Å². The molecule has 0 spiro atoms. The van der Waals surface area contributed by atoms with Crippen molar-refractivity contribution in [2.75, 3.05) is 19.8 Å². The summed E-state index contributed by atoms with van der Waals surface area (Å²) in [6.45, 7) is 5.34. The fourth-order valence-electron chi connectivity index (χ4n) is 6.80. The summed E-state index contributed by atoms with van der Waals surface area (Å²) in [5.41, 5.74) is 0. The van der Waals surface area contributed by atoms with Gasteiger partial charge in [0.15, 0.2) is 0 Å². The topological polar surface area (TPSA) is 55.8 Å². The molecule has 0 aromatic heterocycles. The number of esters is 1. The predicted molar refractivity (Wildman–Crippen MR) is 237 cm³/mol. The number of unbranched alkanes of at least 4 members (excludes halogenated alkanes) is 28. The number of hydrogen-bond donors (Lipinski definition) is 1. The van der Waals surface area contributed by atoms with Gasteiger partial charge in [-0.3, -0.25) is 4.79 Å². The summed E-state index contributed by atoms with van der Waals surface area (Å²) in [7, 11) is 0. The molecule has 0 aromatic rings. The molecule has 0 aromatic carbocycles. The molecule has 0 radical (unpaired) electrons. The second-order valence-electron chi connectivity index (χ2n) is 15.8. The Morgan fingerprint density at radius 1 is 0.444 bits per heavy atom. The molecule has 316 valence electrons. The van der Waals surface area contributed by atoms with E-state index in [1.807, 2.05) is 0 Å². The number of aliphatic hydroxyl groups is 1. The summed E-state index contributed by atoms with van der Waals surface area (Å²) in [5, 5.41) is 9.63. The summed E-state index contributed by atoms with van der Waals surface area (Å²) in [5.74, 6) is -0.206. The number of aliphatic hydroxyl groups excluding tert-OH is 1. The van der Waals surface area contributed by atoms with Crippen LogP contribution in [0.3, 0.4) is 0 Å². The Labute approximate surface area is 337 Å². The van der Waals surface area contributed by atoms with E-state index >= 15 is 0 Å². The molecule has 0 amide bonds. The van der Waals surface area contributed by atoms with Gasteiger partial charge in [-0.15, -0.1) is 0 Å². The number of ether oxygens (including phenoxy) is 2. The highest BCUT2D eigenvalue weighted by molar-refractivity contribution is 5.69. The van der Waals surface area contributed by atoms with Gasteiger partial charge in [-0.1, -0.05) is 204 Å². The molecule has 0 fully saturated rings. The van der Waals surface area contributed by atoms with E-state index in [2.05, 4.69) is 62.5 Å². The summed E-state index contributed by atoms with van der Waals surface area (Å²) in [6, 6.07) is 0. The predicted octanol–water partition coefficient (Wildman–Crippen LogP) is 15.8. The lowest BCUT2D eigenvalue weighted by Gasteiger charge is -2.16. The van der Waals surface area contributed by atoms with E-state index in [-0.39, 0.29) is 12.6 Å². The molecule has 1 atom stereocenters. The van der Waals surface area contributed by atoms with Gasteiger partial charge in [0.05, 0.1) is 13.2 Å². The minimum Gasteiger partial charge on any atom is -0.457 e. The SMILES string of the molecule is CCCCCCC/C=C\C/C=C\C/C=C\CCCCCCCCCCCOCC(CO)OC(=O)CCCCCCCCC/C=C\CCCCCCCCC. The zero-order valence-electron chi connectivity index (χ0n) is 36.2. The smallest absolute Gasteiger partial charge is 0.306 e. The van der Waals surface area contributed by atoms with E-state index in [9.17, 15) is 9.90 Å². The van der Waals surface area contributed by atoms with Crippen molar-refractivity contribution in [2.45, 2.75) is 245 Å². The number of allylic oxidation sites excluding steroid dienone is 8. The lowest BCUT2D eigenvalue weighted by Crippen LogP contribution is -2.27. The number of hydrogen-bond acceptors (Lipinski definition) is 4. The number of carbonyl (C=O) groups excluding carboxylic acids is 1. The number of carbonyl (C=O) groups is 1. The van der Waals surface area contributed by atoms with Crippen LogP contribution in [0.4, 0.5) is 0 Å². The van der Waals surface area contributed by atoms with Crippen LogP contribution in [0.1, 0.15) is 239 Å². The normalized spacial score (nSPS) is 12.7. The maximum absolute atomic E-state index is 12.2. The summed E-state index contributed by atoms with van der Waals surface area (Å²) < 4.78 is 11.2. The molecule has 0 bridgehead atoms. The van der Waals surface area contributed by atoms with Crippen LogP contribution in [0.5, 0.6) is 0 Å². The minimum absolute atomic E-state index is 0.175. The molecule has 4 nitrogen and oxygen atoms in total. The fraction of sp³-hybridized carbons (Fsp3) is 0.820. The van der Waals surface area contributed by atoms with Crippen LogP contribution in [0.15, 0.2) is 48.6 Å². The third-order valence-corrected chi connectivity index (χ3v) is 10.4. The first-order valence-corrected chi connectivity index (χ1v) is 23.7. The Bertz CT molecular complexity index is 844. The standard InChI is InChI=1S/C50H92O4/c1-3-5-7-9-11-13-15-17-19-21-23-24-25-26-27-28-30-32-34-36-38-40-42-44-46-53-48-49(47-51)54-50(52)45-43-41-39-37-35-33-31-29-22-20-18-16-14-12-10-8-6-4-2/h15,17,20-23,25-26,49,51H,3-14,16,18-19,24,27-48H2,1-2H3/b17-15-,22-20-,23-21-,26-25-. The Balaban J connectivity index is 3.44. The highest BCUT2D eigenvalue weighted by Gasteiger charge is 2.13. The molecule has 54 heavy (non-hydrogen) atoms. The average molecular weight is 757 g/mol. The third kappa shape index (κ3) is 44.7. The quantitative estimate of drug-likeness (QED) is 0.0382. The van der Waals surface area contributed by atoms with Gasteiger partial charge in [-0.2, -0.15) is 0 Å². The van der Waals surface area contributed by atoms with Crippen molar-refractivity contribution >= 4 is 5.97 Å². The highest BCUT2D eigenvalue weighted by atomic mass is 16.6. The highest BCUT2D eigenvalue weighted by Crippen LogP contribution is 2.14. The van der Waals surface area contributed by atoms with Crippen LogP contribution in [0.2, 0.25) is 0 Å². The van der Waals surface area contributed by atoms with Crippen molar-refractivity contribution in [3.8, 4) is 0 Å². The summed E-state index contributed by atoms with van der Waals surface area (Å²) in [4.78, 5) is 12.2. The van der Waals surface area contributed by atoms with E-state index in [1.54, 1.807) is 0 Å². The first-order valence-electron chi connectivity index (χ1n) is 23.7. The number of rotatable bonds is 44. The van der Waals surface area contributed by atoms with Crippen molar-refractivity contribution in [3.63, 3.8) is 0 Å². The monoisotopic (exact) mass is 757 g/mol. The van der Waals surface area contributed by atoms with E-state index in [0.717, 1.165) is 32.1 Å². The minimum atomic E-state index is -0.540. The van der Waals surface area contributed by atoms with Gasteiger partial charge in [-0.05, 0) is 77.0 Å². The van der Waals surface area contributed by atoms with Gasteiger partial charge in [-0.25, -0.2) is 0 Å². The first kappa shape index (κ1) is 52.3. The molecule has 0 rings (SSSR count). The average Bonchev–Trinajstić information content (AvgIpc) is 3.18. The Morgan fingerprint density at radius 3 is 1.19 bits per heavy atom. The second kappa shape index (κ2) is 47.5. The zero-order valence-corrected chi connectivity index (χ0v) is 36.2. The Hall–Kier alpha value is -1.65. The summed E-state index contributed by atoms with van der Waals surface area (Å²) in [6.07, 6.45) is 61.8. The van der Waals surface area contributed by atoms with Gasteiger partial charge >= 0.3 is 5.97 Å². The zero-order chi connectivity index (χ0) is 39.1. The van der Waals surface area contributed by atoms with Crippen LogP contribution in [0.25, 0.3) is 0 Å². The lowest BCUT2D eigenvalue weighted by molar-refractivity contribution is -0.154. The lowest BCUT2D eigenvalue weighted by atomic mass is 10.1. The maximum atomic E-state index is 12.2. The first-order chi connectivity index (χ1) is 26.7. The molecule has 0 heterocycles. The second-order valence-corrected chi connectivity index (χ2v) is 15.8. The molecule has 4 heteroatoms. The van der Waals surface area contributed by atoms with Crippen LogP contribution >= 0.6 is 0 Å².